The topological polar surface area (TPSA) is 74.2 Å². The van der Waals surface area contributed by atoms with Crippen molar-refractivity contribution in [3.63, 3.8) is 0 Å². The van der Waals surface area contributed by atoms with Gasteiger partial charge in [0, 0.05) is 45.1 Å². The zero-order valence-electron chi connectivity index (χ0n) is 19.9. The summed E-state index contributed by atoms with van der Waals surface area (Å²) >= 11 is 0. The van der Waals surface area contributed by atoms with Crippen LogP contribution in [0.15, 0.2) is 48.7 Å². The minimum Gasteiger partial charge on any atom is -0.354 e. The predicted molar refractivity (Wildman–Crippen MR) is 128 cm³/mol. The fourth-order valence-corrected chi connectivity index (χ4v) is 4.93. The summed E-state index contributed by atoms with van der Waals surface area (Å²) in [7, 11) is 3.70. The van der Waals surface area contributed by atoms with Crippen LogP contribution in [-0.4, -0.2) is 62.6 Å². The van der Waals surface area contributed by atoms with E-state index in [1.54, 1.807) is 16.9 Å². The lowest BCUT2D eigenvalue weighted by Gasteiger charge is -2.40. The van der Waals surface area contributed by atoms with E-state index in [0.717, 1.165) is 30.5 Å². The fraction of sp³-hybridized carbons (Fsp3) is 0.423. The number of H-pyrrole nitrogens is 1. The number of aromatic nitrogens is 3. The van der Waals surface area contributed by atoms with E-state index in [0.29, 0.717) is 30.4 Å². The minimum atomic E-state index is -0.0625. The first kappa shape index (κ1) is 22.8. The van der Waals surface area contributed by atoms with Crippen LogP contribution in [0.4, 0.5) is 0 Å². The molecule has 1 aliphatic heterocycles. The fourth-order valence-electron chi connectivity index (χ4n) is 4.93. The Morgan fingerprint density at radius 3 is 2.42 bits per heavy atom. The van der Waals surface area contributed by atoms with Gasteiger partial charge in [-0.1, -0.05) is 30.3 Å². The molecule has 1 aromatic carbocycles. The molecule has 0 radical (unpaired) electrons. The van der Waals surface area contributed by atoms with E-state index in [4.69, 9.17) is 0 Å². The van der Waals surface area contributed by atoms with Crippen LogP contribution in [0, 0.1) is 19.8 Å². The lowest BCUT2D eigenvalue weighted by molar-refractivity contribution is 0.0516. The van der Waals surface area contributed by atoms with E-state index >= 15 is 0 Å². The maximum absolute atomic E-state index is 13.2. The van der Waals surface area contributed by atoms with Crippen molar-refractivity contribution in [1.29, 1.82) is 0 Å². The molecule has 2 amide bonds. The molecule has 1 unspecified atom stereocenters. The highest BCUT2D eigenvalue weighted by molar-refractivity contribution is 5.94. The van der Waals surface area contributed by atoms with Gasteiger partial charge in [0.1, 0.15) is 11.4 Å². The molecule has 33 heavy (non-hydrogen) atoms. The van der Waals surface area contributed by atoms with E-state index in [1.807, 2.05) is 62.0 Å². The molecule has 0 aliphatic carbocycles. The second-order valence-corrected chi connectivity index (χ2v) is 9.19. The molecular formula is C26H33N5O2. The smallest absolute Gasteiger partial charge is 0.274 e. The van der Waals surface area contributed by atoms with Crippen molar-refractivity contribution in [1.82, 2.24) is 24.6 Å². The quantitative estimate of drug-likeness (QED) is 0.627. The van der Waals surface area contributed by atoms with Crippen molar-refractivity contribution < 1.29 is 9.59 Å². The molecule has 7 heteroatoms. The zero-order valence-corrected chi connectivity index (χ0v) is 19.9. The largest absolute Gasteiger partial charge is 0.354 e. The van der Waals surface area contributed by atoms with Gasteiger partial charge in [0.2, 0.25) is 0 Å². The highest BCUT2D eigenvalue weighted by atomic mass is 16.2. The van der Waals surface area contributed by atoms with Gasteiger partial charge in [0.25, 0.3) is 11.8 Å². The Labute approximate surface area is 195 Å². The molecule has 1 atom stereocenters. The van der Waals surface area contributed by atoms with Crippen molar-refractivity contribution in [3.05, 3.63) is 76.9 Å². The Morgan fingerprint density at radius 2 is 1.85 bits per heavy atom. The highest BCUT2D eigenvalue weighted by Gasteiger charge is 2.34. The van der Waals surface area contributed by atoms with Crippen LogP contribution >= 0.6 is 0 Å². The van der Waals surface area contributed by atoms with Crippen molar-refractivity contribution in [2.24, 2.45) is 13.0 Å². The standard InChI is InChI=1S/C26H33N5O2/c1-18-16-19(2)27-24(18)26(33)31-14-10-21(11-15-31)23(17-20-8-6-5-7-9-20)30(4)25(32)22-12-13-29(3)28-22/h5-9,12-13,16,21,23,27H,10-11,14-15,17H2,1-4H3. The molecule has 1 N–H and O–H groups in total. The Kier molecular flexibility index (Phi) is 6.67. The molecule has 3 heterocycles. The normalized spacial score (nSPS) is 15.5. The van der Waals surface area contributed by atoms with Gasteiger partial charge in [-0.05, 0) is 62.3 Å². The van der Waals surface area contributed by atoms with E-state index in [-0.39, 0.29) is 17.9 Å². The Bertz CT molecular complexity index is 1110. The first-order valence-corrected chi connectivity index (χ1v) is 11.6. The predicted octanol–water partition coefficient (Wildman–Crippen LogP) is 3.60. The number of amides is 2. The summed E-state index contributed by atoms with van der Waals surface area (Å²) in [6.45, 7) is 5.33. The average molecular weight is 448 g/mol. The van der Waals surface area contributed by atoms with E-state index in [9.17, 15) is 9.59 Å². The van der Waals surface area contributed by atoms with Gasteiger partial charge < -0.3 is 14.8 Å². The van der Waals surface area contributed by atoms with Gasteiger partial charge in [-0.15, -0.1) is 0 Å². The third-order valence-electron chi connectivity index (χ3n) is 6.77. The number of nitrogens with one attached hydrogen (secondary N) is 1. The summed E-state index contributed by atoms with van der Waals surface area (Å²) in [4.78, 5) is 33.3. The van der Waals surface area contributed by atoms with Gasteiger partial charge in [-0.3, -0.25) is 14.3 Å². The summed E-state index contributed by atoms with van der Waals surface area (Å²) in [5.74, 6) is 0.308. The number of likely N-dealkylation sites (N-methyl/N-ethyl adjacent to an activating group) is 1. The number of aromatic amines is 1. The molecule has 7 nitrogen and oxygen atoms in total. The lowest BCUT2D eigenvalue weighted by Crippen LogP contribution is -2.48. The Hall–Kier alpha value is -3.35. The van der Waals surface area contributed by atoms with Crippen LogP contribution in [0.3, 0.4) is 0 Å². The third kappa shape index (κ3) is 5.02. The first-order chi connectivity index (χ1) is 15.8. The van der Waals surface area contributed by atoms with E-state index in [1.165, 1.54) is 5.56 Å². The van der Waals surface area contributed by atoms with Crippen LogP contribution in [0.25, 0.3) is 0 Å². The molecule has 1 saturated heterocycles. The molecule has 1 fully saturated rings. The number of hydrogen-bond acceptors (Lipinski definition) is 3. The van der Waals surface area contributed by atoms with Crippen LogP contribution < -0.4 is 0 Å². The van der Waals surface area contributed by atoms with Crippen molar-refractivity contribution in [2.75, 3.05) is 20.1 Å². The summed E-state index contributed by atoms with van der Waals surface area (Å²) in [6, 6.07) is 14.1. The summed E-state index contributed by atoms with van der Waals surface area (Å²) < 4.78 is 1.65. The number of benzene rings is 1. The number of hydrogen-bond donors (Lipinski definition) is 1. The average Bonchev–Trinajstić information content (AvgIpc) is 3.41. The summed E-state index contributed by atoms with van der Waals surface area (Å²) in [5.41, 5.74) is 4.35. The number of rotatable bonds is 6. The number of piperidine rings is 1. The zero-order chi connectivity index (χ0) is 23.5. The first-order valence-electron chi connectivity index (χ1n) is 11.6. The molecular weight excluding hydrogens is 414 g/mol. The van der Waals surface area contributed by atoms with Crippen LogP contribution in [-0.2, 0) is 13.5 Å². The molecule has 0 bridgehead atoms. The number of nitrogens with zero attached hydrogens (tertiary/aromatic N) is 4. The molecule has 4 rings (SSSR count). The molecule has 3 aromatic rings. The minimum absolute atomic E-state index is 0.0358. The summed E-state index contributed by atoms with van der Waals surface area (Å²) in [5, 5.41) is 4.31. The second kappa shape index (κ2) is 9.65. The van der Waals surface area contributed by atoms with Gasteiger partial charge in [0.15, 0.2) is 0 Å². The van der Waals surface area contributed by atoms with Gasteiger partial charge in [-0.25, -0.2) is 0 Å². The SMILES string of the molecule is Cc1cc(C)c(C(=O)N2CCC(C(Cc3ccccc3)N(C)C(=O)c3ccn(C)n3)CC2)[nH]1. The van der Waals surface area contributed by atoms with Crippen LogP contribution in [0.2, 0.25) is 0 Å². The highest BCUT2D eigenvalue weighted by Crippen LogP contribution is 2.28. The maximum atomic E-state index is 13.2. The van der Waals surface area contributed by atoms with Gasteiger partial charge in [0.05, 0.1) is 0 Å². The van der Waals surface area contributed by atoms with Crippen molar-refractivity contribution in [2.45, 2.75) is 39.2 Å². The number of aryl methyl sites for hydroxylation is 3. The van der Waals surface area contributed by atoms with Crippen molar-refractivity contribution >= 4 is 11.8 Å². The van der Waals surface area contributed by atoms with E-state index in [2.05, 4.69) is 22.2 Å². The monoisotopic (exact) mass is 447 g/mol. The molecule has 0 saturated carbocycles. The number of carbonyl (C=O) groups is 2. The second-order valence-electron chi connectivity index (χ2n) is 9.19. The Balaban J connectivity index is 1.49. The van der Waals surface area contributed by atoms with E-state index < -0.39 is 0 Å². The van der Waals surface area contributed by atoms with Crippen LogP contribution in [0.5, 0.6) is 0 Å². The molecule has 174 valence electrons. The van der Waals surface area contributed by atoms with Gasteiger partial charge >= 0.3 is 0 Å². The Morgan fingerprint density at radius 1 is 1.15 bits per heavy atom. The number of likely N-dealkylation sites (tertiary alicyclic amines) is 1. The summed E-state index contributed by atoms with van der Waals surface area (Å²) in [6.07, 6.45) is 4.30. The molecule has 0 spiro atoms. The molecule has 1 aliphatic rings. The van der Waals surface area contributed by atoms with Crippen molar-refractivity contribution in [3.8, 4) is 0 Å². The van der Waals surface area contributed by atoms with Crippen LogP contribution in [0.1, 0.15) is 50.6 Å². The lowest BCUT2D eigenvalue weighted by atomic mass is 9.84. The molecule has 2 aromatic heterocycles. The third-order valence-corrected chi connectivity index (χ3v) is 6.77. The maximum Gasteiger partial charge on any atom is 0.274 e. The van der Waals surface area contributed by atoms with Gasteiger partial charge in [-0.2, -0.15) is 5.10 Å². The number of carbonyl (C=O) groups excluding carboxylic acids is 2.